The van der Waals surface area contributed by atoms with E-state index < -0.39 is 11.5 Å². The molecule has 1 aromatic heterocycles. The number of amides is 2. The van der Waals surface area contributed by atoms with E-state index in [0.717, 1.165) is 5.01 Å². The molecule has 1 rings (SSSR count). The van der Waals surface area contributed by atoms with E-state index in [1.54, 1.807) is 27.0 Å². The summed E-state index contributed by atoms with van der Waals surface area (Å²) in [6, 6.07) is -0.372. The summed E-state index contributed by atoms with van der Waals surface area (Å²) >= 11 is 1.54. The number of thiazole rings is 1. The summed E-state index contributed by atoms with van der Waals surface area (Å²) < 4.78 is 0. The van der Waals surface area contributed by atoms with Crippen molar-refractivity contribution in [3.63, 3.8) is 0 Å². The first kappa shape index (κ1) is 16.4. The van der Waals surface area contributed by atoms with Gasteiger partial charge in [-0.3, -0.25) is 4.79 Å². The van der Waals surface area contributed by atoms with Crippen LogP contribution in [0.4, 0.5) is 4.79 Å². The smallest absolute Gasteiger partial charge is 0.323 e. The number of aromatic nitrogens is 1. The van der Waals surface area contributed by atoms with E-state index in [9.17, 15) is 9.59 Å². The van der Waals surface area contributed by atoms with Gasteiger partial charge in [0.1, 0.15) is 6.54 Å². The lowest BCUT2D eigenvalue weighted by Crippen LogP contribution is -2.52. The van der Waals surface area contributed by atoms with Gasteiger partial charge in [0.15, 0.2) is 0 Å². The van der Waals surface area contributed by atoms with Crippen molar-refractivity contribution in [3.8, 4) is 0 Å². The first-order valence-corrected chi connectivity index (χ1v) is 7.26. The summed E-state index contributed by atoms with van der Waals surface area (Å²) in [5, 5.41) is 14.5. The van der Waals surface area contributed by atoms with Gasteiger partial charge in [0, 0.05) is 29.6 Å². The average Bonchev–Trinajstić information content (AvgIpc) is 2.84. The van der Waals surface area contributed by atoms with Crippen molar-refractivity contribution in [2.45, 2.75) is 39.2 Å². The summed E-state index contributed by atoms with van der Waals surface area (Å²) in [6.07, 6.45) is 1.73. The molecule has 0 bridgehead atoms. The Morgan fingerprint density at radius 1 is 1.50 bits per heavy atom. The van der Waals surface area contributed by atoms with Gasteiger partial charge in [-0.05, 0) is 20.8 Å². The van der Waals surface area contributed by atoms with Gasteiger partial charge in [0.25, 0.3) is 0 Å². The second-order valence-corrected chi connectivity index (χ2v) is 6.53. The van der Waals surface area contributed by atoms with Crippen LogP contribution >= 0.6 is 11.3 Å². The predicted molar refractivity (Wildman–Crippen MR) is 78.0 cm³/mol. The number of carboxylic acids is 1. The molecule has 7 heteroatoms. The summed E-state index contributed by atoms with van der Waals surface area (Å²) in [5.41, 5.74) is -0.549. The Morgan fingerprint density at radius 2 is 2.15 bits per heavy atom. The molecule has 1 unspecified atom stereocenters. The fraction of sp³-hybridized carbons (Fsp3) is 0.615. The van der Waals surface area contributed by atoms with Crippen molar-refractivity contribution in [2.75, 3.05) is 13.1 Å². The van der Waals surface area contributed by atoms with Crippen LogP contribution in [0.1, 0.15) is 38.6 Å². The number of urea groups is 1. The first-order valence-electron chi connectivity index (χ1n) is 6.38. The molecule has 2 N–H and O–H groups in total. The van der Waals surface area contributed by atoms with Gasteiger partial charge in [-0.25, -0.2) is 9.78 Å². The number of nitrogens with zero attached hydrogens (tertiary/aromatic N) is 2. The largest absolute Gasteiger partial charge is 0.480 e. The lowest BCUT2D eigenvalue weighted by Gasteiger charge is -2.34. The number of carbonyl (C=O) groups is 2. The lowest BCUT2D eigenvalue weighted by molar-refractivity contribution is -0.138. The van der Waals surface area contributed by atoms with E-state index in [0.29, 0.717) is 6.54 Å². The highest BCUT2D eigenvalue weighted by Gasteiger charge is 2.28. The van der Waals surface area contributed by atoms with Crippen LogP contribution in [0.3, 0.4) is 0 Å². The van der Waals surface area contributed by atoms with Crippen LogP contribution in [0.2, 0.25) is 0 Å². The highest BCUT2D eigenvalue weighted by molar-refractivity contribution is 7.09. The Labute approximate surface area is 122 Å². The zero-order valence-electron chi connectivity index (χ0n) is 12.2. The van der Waals surface area contributed by atoms with E-state index in [4.69, 9.17) is 5.11 Å². The molecule has 112 valence electrons. The topological polar surface area (TPSA) is 82.5 Å². The maximum absolute atomic E-state index is 12.1. The maximum atomic E-state index is 12.1. The molecule has 20 heavy (non-hydrogen) atoms. The molecular weight excluding hydrogens is 278 g/mol. The molecule has 1 heterocycles. The second kappa shape index (κ2) is 6.69. The Balaban J connectivity index is 2.60. The van der Waals surface area contributed by atoms with Crippen molar-refractivity contribution in [3.05, 3.63) is 16.6 Å². The fourth-order valence-corrected chi connectivity index (χ4v) is 2.35. The third-order valence-electron chi connectivity index (χ3n) is 2.78. The number of nitrogens with one attached hydrogen (secondary N) is 1. The van der Waals surface area contributed by atoms with Crippen molar-refractivity contribution in [1.82, 2.24) is 15.2 Å². The Morgan fingerprint density at radius 3 is 2.60 bits per heavy atom. The van der Waals surface area contributed by atoms with E-state index >= 15 is 0 Å². The third kappa shape index (κ3) is 4.80. The quantitative estimate of drug-likeness (QED) is 0.872. The van der Waals surface area contributed by atoms with E-state index in [-0.39, 0.29) is 18.5 Å². The van der Waals surface area contributed by atoms with Crippen LogP contribution in [0, 0.1) is 0 Å². The normalized spacial score (nSPS) is 12.8. The van der Waals surface area contributed by atoms with E-state index in [1.165, 1.54) is 16.2 Å². The number of carbonyl (C=O) groups excluding carboxylic acids is 1. The third-order valence-corrected chi connectivity index (χ3v) is 3.79. The summed E-state index contributed by atoms with van der Waals surface area (Å²) in [7, 11) is 0. The van der Waals surface area contributed by atoms with Gasteiger partial charge in [0.05, 0.1) is 5.01 Å². The van der Waals surface area contributed by atoms with E-state index in [1.807, 2.05) is 12.3 Å². The monoisotopic (exact) mass is 299 g/mol. The Bertz CT molecular complexity index is 454. The molecule has 1 atom stereocenters. The standard InChI is InChI=1S/C13H21N3O3S/c1-9(11-14-5-6-20-11)7-15-12(19)16(8-10(17)18)13(2,3)4/h5-6,9H,7-8H2,1-4H3,(H,15,19)(H,17,18). The molecule has 6 nitrogen and oxygen atoms in total. The zero-order chi connectivity index (χ0) is 15.3. The summed E-state index contributed by atoms with van der Waals surface area (Å²) in [5.74, 6) is -0.923. The molecule has 1 aromatic rings. The van der Waals surface area contributed by atoms with Gasteiger partial charge in [0.2, 0.25) is 0 Å². The molecule has 2 amide bonds. The first-order chi connectivity index (χ1) is 9.21. The number of hydrogen-bond donors (Lipinski definition) is 2. The minimum Gasteiger partial charge on any atom is -0.480 e. The van der Waals surface area contributed by atoms with Crippen LogP contribution in [-0.4, -0.2) is 45.6 Å². The average molecular weight is 299 g/mol. The molecule has 0 aliphatic heterocycles. The number of rotatable bonds is 5. The number of carboxylic acid groups (broad SMARTS) is 1. The second-order valence-electron chi connectivity index (χ2n) is 5.61. The minimum absolute atomic E-state index is 0.102. The van der Waals surface area contributed by atoms with Crippen molar-refractivity contribution >= 4 is 23.3 Å². The van der Waals surface area contributed by atoms with Gasteiger partial charge >= 0.3 is 12.0 Å². The SMILES string of the molecule is CC(CNC(=O)N(CC(=O)O)C(C)(C)C)c1nccs1. The summed E-state index contributed by atoms with van der Waals surface area (Å²) in [4.78, 5) is 28.5. The van der Waals surface area contributed by atoms with Crippen LogP contribution in [0.25, 0.3) is 0 Å². The molecule has 0 aliphatic rings. The molecule has 0 saturated heterocycles. The van der Waals surface area contributed by atoms with Gasteiger partial charge in [-0.15, -0.1) is 11.3 Å². The molecule has 0 fully saturated rings. The van der Waals surface area contributed by atoms with Crippen molar-refractivity contribution in [1.29, 1.82) is 0 Å². The van der Waals surface area contributed by atoms with Crippen LogP contribution in [0.15, 0.2) is 11.6 Å². The fourth-order valence-electron chi connectivity index (χ4n) is 1.65. The lowest BCUT2D eigenvalue weighted by atomic mass is 10.1. The van der Waals surface area contributed by atoms with Gasteiger partial charge in [-0.1, -0.05) is 6.92 Å². The van der Waals surface area contributed by atoms with Crippen LogP contribution < -0.4 is 5.32 Å². The number of hydrogen-bond acceptors (Lipinski definition) is 4. The van der Waals surface area contributed by atoms with E-state index in [2.05, 4.69) is 10.3 Å². The van der Waals surface area contributed by atoms with Crippen molar-refractivity contribution < 1.29 is 14.7 Å². The number of aliphatic carboxylic acids is 1. The summed E-state index contributed by atoms with van der Waals surface area (Å²) in [6.45, 7) is 7.50. The van der Waals surface area contributed by atoms with Crippen LogP contribution in [0.5, 0.6) is 0 Å². The highest BCUT2D eigenvalue weighted by atomic mass is 32.1. The van der Waals surface area contributed by atoms with Gasteiger partial charge < -0.3 is 15.3 Å². The Kier molecular flexibility index (Phi) is 5.50. The Hall–Kier alpha value is -1.63. The van der Waals surface area contributed by atoms with Gasteiger partial charge in [-0.2, -0.15) is 0 Å². The zero-order valence-corrected chi connectivity index (χ0v) is 13.0. The predicted octanol–water partition coefficient (Wildman–Crippen LogP) is 2.14. The molecule has 0 radical (unpaired) electrons. The molecule has 0 aromatic carbocycles. The maximum Gasteiger partial charge on any atom is 0.323 e. The highest BCUT2D eigenvalue weighted by Crippen LogP contribution is 2.17. The molecule has 0 aliphatic carbocycles. The van der Waals surface area contributed by atoms with Crippen LogP contribution in [-0.2, 0) is 4.79 Å². The molecule has 0 spiro atoms. The molecular formula is C13H21N3O3S. The molecule has 0 saturated carbocycles. The minimum atomic E-state index is -1.02. The van der Waals surface area contributed by atoms with Crippen molar-refractivity contribution in [2.24, 2.45) is 0 Å².